The van der Waals surface area contributed by atoms with Crippen LogP contribution < -0.4 is 5.32 Å². The Balaban J connectivity index is 2.32. The molecule has 1 aliphatic carbocycles. The quantitative estimate of drug-likeness (QED) is 0.681. The number of aliphatic hydroxyl groups excluding tert-OH is 1. The van der Waals surface area contributed by atoms with E-state index in [2.05, 4.69) is 19.2 Å². The first-order valence-corrected chi connectivity index (χ1v) is 6.11. The molecule has 2 heteroatoms. The van der Waals surface area contributed by atoms with E-state index in [0.29, 0.717) is 12.0 Å². The van der Waals surface area contributed by atoms with E-state index in [1.54, 1.807) is 0 Å². The summed E-state index contributed by atoms with van der Waals surface area (Å²) in [4.78, 5) is 0. The maximum absolute atomic E-state index is 9.23. The maximum atomic E-state index is 9.23. The van der Waals surface area contributed by atoms with E-state index >= 15 is 0 Å². The molecule has 0 aromatic carbocycles. The zero-order valence-corrected chi connectivity index (χ0v) is 9.63. The lowest BCUT2D eigenvalue weighted by atomic mass is 10.0. The van der Waals surface area contributed by atoms with E-state index in [4.69, 9.17) is 0 Å². The van der Waals surface area contributed by atoms with Gasteiger partial charge < -0.3 is 10.4 Å². The Kier molecular flexibility index (Phi) is 5.49. The molecule has 0 bridgehead atoms. The van der Waals surface area contributed by atoms with E-state index in [-0.39, 0.29) is 12.6 Å². The molecule has 14 heavy (non-hydrogen) atoms. The molecule has 2 nitrogen and oxygen atoms in total. The molecule has 2 N–H and O–H groups in total. The first-order chi connectivity index (χ1) is 6.74. The van der Waals surface area contributed by atoms with Crippen LogP contribution in [0.1, 0.15) is 52.4 Å². The van der Waals surface area contributed by atoms with Gasteiger partial charge in [0.15, 0.2) is 0 Å². The molecule has 1 atom stereocenters. The number of rotatable bonds is 4. The lowest BCUT2D eigenvalue weighted by Gasteiger charge is -2.26. The summed E-state index contributed by atoms with van der Waals surface area (Å²) >= 11 is 0. The number of hydrogen-bond donors (Lipinski definition) is 2. The minimum atomic E-state index is 0.272. The molecule has 1 saturated carbocycles. The molecule has 84 valence electrons. The number of aliphatic hydroxyl groups is 1. The van der Waals surface area contributed by atoms with Crippen molar-refractivity contribution in [3.63, 3.8) is 0 Å². The van der Waals surface area contributed by atoms with Crippen molar-refractivity contribution in [1.82, 2.24) is 5.32 Å². The van der Waals surface area contributed by atoms with E-state index in [0.717, 1.165) is 0 Å². The molecule has 1 aliphatic rings. The molecule has 1 rings (SSSR count). The van der Waals surface area contributed by atoms with Crippen LogP contribution in [0, 0.1) is 5.92 Å². The van der Waals surface area contributed by atoms with E-state index < -0.39 is 0 Å². The van der Waals surface area contributed by atoms with Gasteiger partial charge in [-0.2, -0.15) is 0 Å². The Morgan fingerprint density at radius 2 is 1.71 bits per heavy atom. The summed E-state index contributed by atoms with van der Waals surface area (Å²) in [6.07, 6.45) is 8.08. The van der Waals surface area contributed by atoms with Crippen LogP contribution in [0.3, 0.4) is 0 Å². The summed E-state index contributed by atoms with van der Waals surface area (Å²) in [6.45, 7) is 4.61. The predicted molar refractivity (Wildman–Crippen MR) is 60.3 cm³/mol. The van der Waals surface area contributed by atoms with Gasteiger partial charge >= 0.3 is 0 Å². The van der Waals surface area contributed by atoms with Crippen LogP contribution in [0.2, 0.25) is 0 Å². The van der Waals surface area contributed by atoms with Gasteiger partial charge in [0.1, 0.15) is 0 Å². The van der Waals surface area contributed by atoms with Crippen molar-refractivity contribution in [2.24, 2.45) is 5.92 Å². The first kappa shape index (κ1) is 12.0. The van der Waals surface area contributed by atoms with Crippen molar-refractivity contribution in [2.45, 2.75) is 64.5 Å². The van der Waals surface area contributed by atoms with Crippen LogP contribution in [0.4, 0.5) is 0 Å². The summed E-state index contributed by atoms with van der Waals surface area (Å²) in [5.74, 6) is 0.531. The zero-order chi connectivity index (χ0) is 10.4. The van der Waals surface area contributed by atoms with Crippen LogP contribution in [0.5, 0.6) is 0 Å². The molecule has 1 unspecified atom stereocenters. The summed E-state index contributed by atoms with van der Waals surface area (Å²) in [6, 6.07) is 0.940. The molecule has 0 radical (unpaired) electrons. The summed E-state index contributed by atoms with van der Waals surface area (Å²) in [5, 5.41) is 12.8. The van der Waals surface area contributed by atoms with Gasteiger partial charge in [0, 0.05) is 12.1 Å². The Morgan fingerprint density at radius 3 is 2.14 bits per heavy atom. The molecule has 0 aliphatic heterocycles. The fourth-order valence-electron chi connectivity index (χ4n) is 2.20. The van der Waals surface area contributed by atoms with Gasteiger partial charge in [-0.3, -0.25) is 0 Å². The van der Waals surface area contributed by atoms with Crippen molar-refractivity contribution in [2.75, 3.05) is 6.61 Å². The lowest BCUT2D eigenvalue weighted by Crippen LogP contribution is -2.43. The predicted octanol–water partition coefficient (Wildman–Crippen LogP) is 2.32. The SMILES string of the molecule is CC(C)C(CO)NC1CCCCCC1. The van der Waals surface area contributed by atoms with Crippen molar-refractivity contribution < 1.29 is 5.11 Å². The maximum Gasteiger partial charge on any atom is 0.0587 e. The van der Waals surface area contributed by atoms with Crippen molar-refractivity contribution in [3.05, 3.63) is 0 Å². The van der Waals surface area contributed by atoms with Crippen LogP contribution in [-0.4, -0.2) is 23.8 Å². The van der Waals surface area contributed by atoms with Gasteiger partial charge in [0.2, 0.25) is 0 Å². The number of nitrogens with one attached hydrogen (secondary N) is 1. The second-order valence-corrected chi connectivity index (χ2v) is 4.89. The van der Waals surface area contributed by atoms with Crippen LogP contribution in [0.15, 0.2) is 0 Å². The molecule has 0 heterocycles. The van der Waals surface area contributed by atoms with Gasteiger partial charge in [-0.25, -0.2) is 0 Å². The number of hydrogen-bond acceptors (Lipinski definition) is 2. The Bertz CT molecular complexity index is 139. The Labute approximate surface area is 88.1 Å². The normalized spacial score (nSPS) is 22.3. The monoisotopic (exact) mass is 199 g/mol. The highest BCUT2D eigenvalue weighted by molar-refractivity contribution is 4.77. The largest absolute Gasteiger partial charge is 0.395 e. The highest BCUT2D eigenvalue weighted by atomic mass is 16.3. The van der Waals surface area contributed by atoms with Crippen molar-refractivity contribution in [3.8, 4) is 0 Å². The van der Waals surface area contributed by atoms with Gasteiger partial charge in [-0.15, -0.1) is 0 Å². The Morgan fingerprint density at radius 1 is 1.14 bits per heavy atom. The van der Waals surface area contributed by atoms with Crippen LogP contribution >= 0.6 is 0 Å². The first-order valence-electron chi connectivity index (χ1n) is 6.11. The highest BCUT2D eigenvalue weighted by Gasteiger charge is 2.18. The summed E-state index contributed by atoms with van der Waals surface area (Å²) < 4.78 is 0. The standard InChI is InChI=1S/C12H25NO/c1-10(2)12(9-14)13-11-7-5-3-4-6-8-11/h10-14H,3-9H2,1-2H3. The lowest BCUT2D eigenvalue weighted by molar-refractivity contribution is 0.195. The highest BCUT2D eigenvalue weighted by Crippen LogP contribution is 2.18. The molecular weight excluding hydrogens is 174 g/mol. The fourth-order valence-corrected chi connectivity index (χ4v) is 2.20. The van der Waals surface area contributed by atoms with Crippen molar-refractivity contribution in [1.29, 1.82) is 0 Å². The molecular formula is C12H25NO. The minimum Gasteiger partial charge on any atom is -0.395 e. The third-order valence-electron chi connectivity index (χ3n) is 3.31. The molecule has 0 aromatic rings. The topological polar surface area (TPSA) is 32.3 Å². The molecule has 0 amide bonds. The molecule has 0 saturated heterocycles. The van der Waals surface area contributed by atoms with Gasteiger partial charge in [0.05, 0.1) is 6.61 Å². The smallest absolute Gasteiger partial charge is 0.0587 e. The van der Waals surface area contributed by atoms with E-state index in [1.165, 1.54) is 38.5 Å². The average Bonchev–Trinajstić information content (AvgIpc) is 2.41. The summed E-state index contributed by atoms with van der Waals surface area (Å²) in [5.41, 5.74) is 0. The van der Waals surface area contributed by atoms with Crippen LogP contribution in [-0.2, 0) is 0 Å². The Hall–Kier alpha value is -0.0800. The average molecular weight is 199 g/mol. The second-order valence-electron chi connectivity index (χ2n) is 4.89. The summed E-state index contributed by atoms with van der Waals surface area (Å²) in [7, 11) is 0. The van der Waals surface area contributed by atoms with E-state index in [9.17, 15) is 5.11 Å². The van der Waals surface area contributed by atoms with Gasteiger partial charge in [0.25, 0.3) is 0 Å². The molecule has 1 fully saturated rings. The third kappa shape index (κ3) is 3.97. The minimum absolute atomic E-state index is 0.272. The fraction of sp³-hybridized carbons (Fsp3) is 1.00. The van der Waals surface area contributed by atoms with E-state index in [1.807, 2.05) is 0 Å². The molecule has 0 spiro atoms. The zero-order valence-electron chi connectivity index (χ0n) is 9.63. The van der Waals surface area contributed by atoms with Gasteiger partial charge in [-0.1, -0.05) is 39.5 Å². The van der Waals surface area contributed by atoms with Crippen molar-refractivity contribution >= 4 is 0 Å². The van der Waals surface area contributed by atoms with Crippen LogP contribution in [0.25, 0.3) is 0 Å². The third-order valence-corrected chi connectivity index (χ3v) is 3.31. The molecule has 0 aromatic heterocycles. The second kappa shape index (κ2) is 6.41. The van der Waals surface area contributed by atoms with Gasteiger partial charge in [-0.05, 0) is 18.8 Å².